The van der Waals surface area contributed by atoms with Gasteiger partial charge < -0.3 is 15.0 Å². The van der Waals surface area contributed by atoms with Crippen molar-refractivity contribution in [2.24, 2.45) is 0 Å². The molecule has 2 amide bonds. The van der Waals surface area contributed by atoms with Crippen LogP contribution < -0.4 is 14.4 Å². The summed E-state index contributed by atoms with van der Waals surface area (Å²) in [5, 5.41) is 2.79. The highest BCUT2D eigenvalue weighted by atomic mass is 32.2. The number of hydrogen-bond donors (Lipinski definition) is 1. The van der Waals surface area contributed by atoms with Gasteiger partial charge in [-0.3, -0.25) is 13.9 Å². The third-order valence-corrected chi connectivity index (χ3v) is 6.41. The lowest BCUT2D eigenvalue weighted by atomic mass is 10.1. The van der Waals surface area contributed by atoms with E-state index >= 15 is 0 Å². The van der Waals surface area contributed by atoms with Crippen LogP contribution in [0.15, 0.2) is 48.5 Å². The summed E-state index contributed by atoms with van der Waals surface area (Å²) in [5.74, 6) is -0.382. The number of benzene rings is 2. The molecule has 0 aromatic heterocycles. The van der Waals surface area contributed by atoms with Crippen molar-refractivity contribution in [1.82, 2.24) is 10.2 Å². The van der Waals surface area contributed by atoms with Crippen molar-refractivity contribution in [1.29, 1.82) is 0 Å². The number of likely N-dealkylation sites (N-methyl/N-ethyl adjacent to an activating group) is 1. The Balaban J connectivity index is 2.48. The molecule has 2 aromatic carbocycles. The third kappa shape index (κ3) is 7.21. The van der Waals surface area contributed by atoms with Crippen molar-refractivity contribution in [3.05, 3.63) is 59.7 Å². The first kappa shape index (κ1) is 27.2. The van der Waals surface area contributed by atoms with Crippen molar-refractivity contribution >= 4 is 27.5 Å². The van der Waals surface area contributed by atoms with Crippen LogP contribution in [0.4, 0.5) is 5.69 Å². The first-order chi connectivity index (χ1) is 16.1. The van der Waals surface area contributed by atoms with Gasteiger partial charge in [0, 0.05) is 13.1 Å². The van der Waals surface area contributed by atoms with Crippen molar-refractivity contribution < 1.29 is 22.7 Å². The summed E-state index contributed by atoms with van der Waals surface area (Å²) in [4.78, 5) is 27.9. The number of amides is 2. The molecule has 0 saturated carbocycles. The molecule has 0 aliphatic heterocycles. The number of para-hydroxylation sites is 2. The maximum atomic E-state index is 13.6. The Morgan fingerprint density at radius 2 is 1.76 bits per heavy atom. The van der Waals surface area contributed by atoms with Gasteiger partial charge in [0.25, 0.3) is 0 Å². The van der Waals surface area contributed by atoms with Crippen molar-refractivity contribution in [3.63, 3.8) is 0 Å². The number of nitrogens with zero attached hydrogens (tertiary/aromatic N) is 2. The zero-order chi connectivity index (χ0) is 25.3. The first-order valence-corrected chi connectivity index (χ1v) is 13.3. The lowest BCUT2D eigenvalue weighted by molar-refractivity contribution is -0.140. The van der Waals surface area contributed by atoms with Crippen LogP contribution in [0.25, 0.3) is 0 Å². The van der Waals surface area contributed by atoms with E-state index in [0.717, 1.165) is 21.7 Å². The molecule has 0 bridgehead atoms. The van der Waals surface area contributed by atoms with Crippen LogP contribution in [-0.4, -0.2) is 57.1 Å². The molecule has 0 saturated heterocycles. The van der Waals surface area contributed by atoms with E-state index in [2.05, 4.69) is 5.32 Å². The lowest BCUT2D eigenvalue weighted by Crippen LogP contribution is -2.52. The van der Waals surface area contributed by atoms with E-state index in [0.29, 0.717) is 25.3 Å². The molecule has 2 aromatic rings. The molecule has 0 fully saturated rings. The molecule has 1 unspecified atom stereocenters. The fraction of sp³-hybridized carbons (Fsp3) is 0.440. The third-order valence-electron chi connectivity index (χ3n) is 5.29. The molecule has 0 aliphatic carbocycles. The van der Waals surface area contributed by atoms with E-state index in [1.165, 1.54) is 4.90 Å². The summed E-state index contributed by atoms with van der Waals surface area (Å²) in [6.07, 6.45) is 1.44. The van der Waals surface area contributed by atoms with Gasteiger partial charge in [0.15, 0.2) is 0 Å². The summed E-state index contributed by atoms with van der Waals surface area (Å²) >= 11 is 0. The van der Waals surface area contributed by atoms with Crippen molar-refractivity contribution in [3.8, 4) is 5.75 Å². The van der Waals surface area contributed by atoms with Gasteiger partial charge in [-0.25, -0.2) is 8.42 Å². The number of rotatable bonds is 12. The van der Waals surface area contributed by atoms with Crippen LogP contribution in [0, 0.1) is 6.92 Å². The minimum absolute atomic E-state index is 0.181. The molecule has 186 valence electrons. The second-order valence-corrected chi connectivity index (χ2v) is 9.91. The molecule has 9 heteroatoms. The Bertz CT molecular complexity index is 1090. The Morgan fingerprint density at radius 3 is 2.35 bits per heavy atom. The highest BCUT2D eigenvalue weighted by Gasteiger charge is 2.32. The zero-order valence-corrected chi connectivity index (χ0v) is 21.4. The molecule has 0 heterocycles. The Hall–Kier alpha value is -3.07. The molecule has 0 radical (unpaired) electrons. The Kier molecular flexibility index (Phi) is 9.92. The summed E-state index contributed by atoms with van der Waals surface area (Å²) in [6.45, 7) is 7.89. The van der Waals surface area contributed by atoms with Crippen LogP contribution in [0.3, 0.4) is 0 Å². The largest absolute Gasteiger partial charge is 0.492 e. The van der Waals surface area contributed by atoms with Crippen molar-refractivity contribution in [2.75, 3.05) is 30.3 Å². The molecule has 2 rings (SSSR count). The SMILES string of the molecule is CCNC(=O)C(CC)N(Cc1cccc(C)c1)C(=O)CN(c1ccccc1OCC)S(C)(=O)=O. The first-order valence-electron chi connectivity index (χ1n) is 11.4. The van der Waals surface area contributed by atoms with E-state index < -0.39 is 28.5 Å². The van der Waals surface area contributed by atoms with Crippen LogP contribution in [0.2, 0.25) is 0 Å². The van der Waals surface area contributed by atoms with Gasteiger partial charge in [-0.1, -0.05) is 48.9 Å². The van der Waals surface area contributed by atoms with Crippen LogP contribution in [0.5, 0.6) is 5.75 Å². The molecule has 34 heavy (non-hydrogen) atoms. The summed E-state index contributed by atoms with van der Waals surface area (Å²) in [6, 6.07) is 13.6. The second-order valence-electron chi connectivity index (χ2n) is 8.00. The smallest absolute Gasteiger partial charge is 0.244 e. The number of hydrogen-bond acceptors (Lipinski definition) is 5. The molecular formula is C25H35N3O5S. The number of carbonyl (C=O) groups excluding carboxylic acids is 2. The second kappa shape index (κ2) is 12.4. The number of carbonyl (C=O) groups is 2. The average Bonchev–Trinajstić information content (AvgIpc) is 2.77. The molecule has 0 aliphatic rings. The Morgan fingerprint density at radius 1 is 1.06 bits per heavy atom. The quantitative estimate of drug-likeness (QED) is 0.494. The Labute approximate surface area is 202 Å². The standard InChI is InChI=1S/C25H35N3O5S/c1-6-21(25(30)26-7-2)27(17-20-13-11-12-19(4)16-20)24(29)18-28(34(5,31)32)22-14-9-10-15-23(22)33-8-3/h9-16,21H,6-8,17-18H2,1-5H3,(H,26,30). The van der Waals surface area contributed by atoms with Crippen LogP contribution in [-0.2, 0) is 26.2 Å². The summed E-state index contributed by atoms with van der Waals surface area (Å²) in [5.41, 5.74) is 2.16. The number of anilines is 1. The van der Waals surface area contributed by atoms with E-state index in [9.17, 15) is 18.0 Å². The van der Waals surface area contributed by atoms with Crippen molar-refractivity contribution in [2.45, 2.75) is 46.7 Å². The van der Waals surface area contributed by atoms with Gasteiger partial charge in [0.1, 0.15) is 18.3 Å². The number of nitrogens with one attached hydrogen (secondary N) is 1. The van der Waals surface area contributed by atoms with Gasteiger partial charge in [-0.05, 0) is 44.9 Å². The topological polar surface area (TPSA) is 96.0 Å². The van der Waals surface area contributed by atoms with E-state index in [4.69, 9.17) is 4.74 Å². The predicted octanol–water partition coefficient (Wildman–Crippen LogP) is 3.10. The van der Waals surface area contributed by atoms with Gasteiger partial charge in [-0.15, -0.1) is 0 Å². The lowest BCUT2D eigenvalue weighted by Gasteiger charge is -2.33. The molecule has 1 atom stereocenters. The minimum atomic E-state index is -3.82. The van der Waals surface area contributed by atoms with E-state index in [-0.39, 0.29) is 18.1 Å². The fourth-order valence-electron chi connectivity index (χ4n) is 3.75. The molecule has 1 N–H and O–H groups in total. The van der Waals surface area contributed by atoms with E-state index in [1.54, 1.807) is 31.2 Å². The number of aryl methyl sites for hydroxylation is 1. The highest BCUT2D eigenvalue weighted by molar-refractivity contribution is 7.92. The minimum Gasteiger partial charge on any atom is -0.492 e. The molecule has 0 spiro atoms. The van der Waals surface area contributed by atoms with Gasteiger partial charge in [0.2, 0.25) is 21.8 Å². The highest BCUT2D eigenvalue weighted by Crippen LogP contribution is 2.30. The van der Waals surface area contributed by atoms with Crippen LogP contribution >= 0.6 is 0 Å². The van der Waals surface area contributed by atoms with Gasteiger partial charge >= 0.3 is 0 Å². The predicted molar refractivity (Wildman–Crippen MR) is 134 cm³/mol. The normalized spacial score (nSPS) is 12.0. The van der Waals surface area contributed by atoms with Gasteiger partial charge in [0.05, 0.1) is 18.6 Å². The monoisotopic (exact) mass is 489 g/mol. The summed E-state index contributed by atoms with van der Waals surface area (Å²) in [7, 11) is -3.82. The average molecular weight is 490 g/mol. The number of ether oxygens (including phenoxy) is 1. The van der Waals surface area contributed by atoms with E-state index in [1.807, 2.05) is 45.0 Å². The molecule has 8 nitrogen and oxygen atoms in total. The summed E-state index contributed by atoms with van der Waals surface area (Å²) < 4.78 is 32.1. The maximum absolute atomic E-state index is 13.6. The fourth-order valence-corrected chi connectivity index (χ4v) is 4.61. The number of sulfonamides is 1. The molecular weight excluding hydrogens is 454 g/mol. The van der Waals surface area contributed by atoms with Crippen LogP contribution in [0.1, 0.15) is 38.3 Å². The maximum Gasteiger partial charge on any atom is 0.244 e. The zero-order valence-electron chi connectivity index (χ0n) is 20.6. The van der Waals surface area contributed by atoms with Gasteiger partial charge in [-0.2, -0.15) is 0 Å².